The first-order valence-corrected chi connectivity index (χ1v) is 6.77. The lowest BCUT2D eigenvalue weighted by atomic mass is 10.3. The van der Waals surface area contributed by atoms with Crippen molar-refractivity contribution >= 4 is 33.2 Å². The summed E-state index contributed by atoms with van der Waals surface area (Å²) in [6.45, 7) is 0.566. The summed E-state index contributed by atoms with van der Waals surface area (Å²) in [6, 6.07) is 5.25. The van der Waals surface area contributed by atoms with Crippen LogP contribution in [0.15, 0.2) is 33.7 Å². The van der Waals surface area contributed by atoms with Crippen molar-refractivity contribution in [3.05, 3.63) is 45.1 Å². The van der Waals surface area contributed by atoms with E-state index in [1.54, 1.807) is 35.0 Å². The lowest BCUT2D eigenvalue weighted by molar-refractivity contribution is 0.0949. The maximum Gasteiger partial charge on any atom is 0.269 e. The summed E-state index contributed by atoms with van der Waals surface area (Å²) in [5, 5.41) is 4.78. The molecule has 0 spiro atoms. The number of nitrogens with zero attached hydrogens (tertiary/aromatic N) is 2. The minimum atomic E-state index is -0.165. The molecule has 0 fully saturated rings. The molecule has 0 saturated carbocycles. The zero-order valence-electron chi connectivity index (χ0n) is 8.89. The van der Waals surface area contributed by atoms with Gasteiger partial charge in [-0.15, -0.1) is 11.3 Å². The summed E-state index contributed by atoms with van der Waals surface area (Å²) >= 11 is 4.78. The van der Waals surface area contributed by atoms with Crippen LogP contribution < -0.4 is 5.32 Å². The Bertz CT molecular complexity index is 501. The van der Waals surface area contributed by atoms with E-state index in [0.29, 0.717) is 16.8 Å². The minimum absolute atomic E-state index is 0.165. The van der Waals surface area contributed by atoms with Crippen LogP contribution >= 0.6 is 27.3 Å². The lowest BCUT2D eigenvalue weighted by Crippen LogP contribution is -2.26. The zero-order valence-corrected chi connectivity index (χ0v) is 11.3. The molecule has 17 heavy (non-hydrogen) atoms. The van der Waals surface area contributed by atoms with Crippen molar-refractivity contribution in [3.63, 3.8) is 0 Å². The number of carbonyl (C=O) groups is 1. The normalized spacial score (nSPS) is 10.2. The molecule has 4 nitrogen and oxygen atoms in total. The number of rotatable bonds is 4. The number of amides is 1. The van der Waals surface area contributed by atoms with E-state index in [1.807, 2.05) is 5.38 Å². The van der Waals surface area contributed by atoms with E-state index in [0.717, 1.165) is 12.1 Å². The fraction of sp³-hybridized carbons (Fsp3) is 0.182. The first-order valence-electron chi connectivity index (χ1n) is 5.03. The van der Waals surface area contributed by atoms with Crippen molar-refractivity contribution in [2.75, 3.05) is 6.54 Å². The highest BCUT2D eigenvalue weighted by atomic mass is 79.9. The number of carbonyl (C=O) groups excluding carboxylic acids is 1. The van der Waals surface area contributed by atoms with Crippen LogP contribution in [0.1, 0.15) is 16.2 Å². The van der Waals surface area contributed by atoms with Crippen molar-refractivity contribution < 1.29 is 4.79 Å². The Hall–Kier alpha value is -1.27. The first kappa shape index (κ1) is 12.2. The van der Waals surface area contributed by atoms with Gasteiger partial charge in [-0.05, 0) is 28.1 Å². The molecule has 0 atom stereocenters. The fourth-order valence-corrected chi connectivity index (χ4v) is 2.23. The molecule has 1 N–H and O–H groups in total. The van der Waals surface area contributed by atoms with Crippen molar-refractivity contribution in [1.82, 2.24) is 15.3 Å². The molecular formula is C11H10BrN3OS. The van der Waals surface area contributed by atoms with Gasteiger partial charge in [0.2, 0.25) is 0 Å². The highest BCUT2D eigenvalue weighted by Crippen LogP contribution is 2.06. The van der Waals surface area contributed by atoms with E-state index in [-0.39, 0.29) is 5.91 Å². The maximum atomic E-state index is 11.7. The summed E-state index contributed by atoms with van der Waals surface area (Å²) in [6.07, 6.45) is 0.739. The van der Waals surface area contributed by atoms with Gasteiger partial charge in [-0.2, -0.15) is 0 Å². The van der Waals surface area contributed by atoms with E-state index in [4.69, 9.17) is 0 Å². The van der Waals surface area contributed by atoms with Crippen molar-refractivity contribution in [2.45, 2.75) is 6.42 Å². The van der Waals surface area contributed by atoms with E-state index < -0.39 is 0 Å². The highest BCUT2D eigenvalue weighted by Gasteiger charge is 2.06. The third kappa shape index (κ3) is 3.61. The number of aromatic nitrogens is 2. The molecule has 0 unspecified atom stereocenters. The Morgan fingerprint density at radius 3 is 3.06 bits per heavy atom. The van der Waals surface area contributed by atoms with Crippen molar-refractivity contribution in [2.24, 2.45) is 0 Å². The Morgan fingerprint density at radius 2 is 2.35 bits per heavy atom. The van der Waals surface area contributed by atoms with Gasteiger partial charge in [-0.1, -0.05) is 6.07 Å². The minimum Gasteiger partial charge on any atom is -0.350 e. The number of hydrogen-bond acceptors (Lipinski definition) is 4. The standard InChI is InChI=1S/C11H10BrN3OS/c12-10-3-1-2-9(15-10)11(16)13-5-4-8-6-17-7-14-8/h1-3,6-7H,4-5H2,(H,13,16). The zero-order chi connectivity index (χ0) is 12.1. The molecule has 2 aromatic rings. The van der Waals surface area contributed by atoms with Crippen LogP contribution in [0.5, 0.6) is 0 Å². The predicted octanol–water partition coefficient (Wildman–Crippen LogP) is 2.27. The molecule has 2 heterocycles. The largest absolute Gasteiger partial charge is 0.350 e. The van der Waals surface area contributed by atoms with Gasteiger partial charge in [0.05, 0.1) is 11.2 Å². The summed E-state index contributed by atoms with van der Waals surface area (Å²) in [4.78, 5) is 19.9. The van der Waals surface area contributed by atoms with Crippen LogP contribution in [-0.4, -0.2) is 22.4 Å². The van der Waals surface area contributed by atoms with Gasteiger partial charge in [0, 0.05) is 18.3 Å². The lowest BCUT2D eigenvalue weighted by Gasteiger charge is -2.03. The fourth-order valence-electron chi connectivity index (χ4n) is 1.29. The smallest absolute Gasteiger partial charge is 0.269 e. The van der Waals surface area contributed by atoms with E-state index in [2.05, 4.69) is 31.2 Å². The van der Waals surface area contributed by atoms with Crippen LogP contribution in [0.3, 0.4) is 0 Å². The van der Waals surface area contributed by atoms with Crippen molar-refractivity contribution in [1.29, 1.82) is 0 Å². The monoisotopic (exact) mass is 311 g/mol. The second-order valence-corrected chi connectivity index (χ2v) is 4.86. The number of pyridine rings is 1. The van der Waals surface area contributed by atoms with Gasteiger partial charge in [0.1, 0.15) is 10.3 Å². The molecule has 0 bridgehead atoms. The van der Waals surface area contributed by atoms with Gasteiger partial charge in [0.25, 0.3) is 5.91 Å². The molecule has 6 heteroatoms. The van der Waals surface area contributed by atoms with Crippen LogP contribution in [0.25, 0.3) is 0 Å². The second kappa shape index (κ2) is 5.88. The summed E-state index contributed by atoms with van der Waals surface area (Å²) in [5.74, 6) is -0.165. The average Bonchev–Trinajstić information content (AvgIpc) is 2.82. The predicted molar refractivity (Wildman–Crippen MR) is 70.1 cm³/mol. The van der Waals surface area contributed by atoms with Gasteiger partial charge in [-0.25, -0.2) is 9.97 Å². The Balaban J connectivity index is 1.85. The molecule has 1 amide bonds. The molecule has 0 radical (unpaired) electrons. The molecule has 0 aliphatic heterocycles. The van der Waals surface area contributed by atoms with Gasteiger partial charge in [0.15, 0.2) is 0 Å². The van der Waals surface area contributed by atoms with Crippen molar-refractivity contribution in [3.8, 4) is 0 Å². The van der Waals surface area contributed by atoms with E-state index in [1.165, 1.54) is 0 Å². The van der Waals surface area contributed by atoms with Crippen LogP contribution in [0.4, 0.5) is 0 Å². The van der Waals surface area contributed by atoms with E-state index in [9.17, 15) is 4.79 Å². The third-order valence-corrected chi connectivity index (χ3v) is 3.17. The van der Waals surface area contributed by atoms with E-state index >= 15 is 0 Å². The number of halogens is 1. The number of nitrogens with one attached hydrogen (secondary N) is 1. The molecule has 2 aromatic heterocycles. The van der Waals surface area contributed by atoms with Gasteiger partial charge >= 0.3 is 0 Å². The topological polar surface area (TPSA) is 54.9 Å². The average molecular weight is 312 g/mol. The Morgan fingerprint density at radius 1 is 1.47 bits per heavy atom. The SMILES string of the molecule is O=C(NCCc1cscn1)c1cccc(Br)n1. The summed E-state index contributed by atoms with van der Waals surface area (Å²) < 4.78 is 0.657. The van der Waals surface area contributed by atoms with Crippen LogP contribution in [0.2, 0.25) is 0 Å². The second-order valence-electron chi connectivity index (χ2n) is 3.33. The highest BCUT2D eigenvalue weighted by molar-refractivity contribution is 9.10. The quantitative estimate of drug-likeness (QED) is 0.881. The number of hydrogen-bond donors (Lipinski definition) is 1. The Kier molecular flexibility index (Phi) is 4.22. The van der Waals surface area contributed by atoms with Gasteiger partial charge < -0.3 is 5.32 Å². The third-order valence-electron chi connectivity index (χ3n) is 2.10. The maximum absolute atomic E-state index is 11.7. The molecular weight excluding hydrogens is 302 g/mol. The van der Waals surface area contributed by atoms with Crippen LogP contribution in [-0.2, 0) is 6.42 Å². The summed E-state index contributed by atoms with van der Waals surface area (Å²) in [5.41, 5.74) is 3.20. The molecule has 0 aliphatic rings. The number of thiazole rings is 1. The summed E-state index contributed by atoms with van der Waals surface area (Å²) in [7, 11) is 0. The van der Waals surface area contributed by atoms with Gasteiger partial charge in [-0.3, -0.25) is 4.79 Å². The first-order chi connectivity index (χ1) is 8.25. The molecule has 0 saturated heterocycles. The molecule has 0 aromatic carbocycles. The Labute approximate surface area is 111 Å². The van der Waals surface area contributed by atoms with Crippen LogP contribution in [0, 0.1) is 0 Å². The molecule has 2 rings (SSSR count). The molecule has 88 valence electrons. The molecule has 0 aliphatic carbocycles.